The molecule has 2 N–H and O–H groups in total. The van der Waals surface area contributed by atoms with Gasteiger partial charge >= 0.3 is 5.97 Å². The zero-order chi connectivity index (χ0) is 25.4. The van der Waals surface area contributed by atoms with E-state index in [1.165, 1.54) is 56.6 Å². The molecule has 9 nitrogen and oxygen atoms in total. The van der Waals surface area contributed by atoms with Crippen LogP contribution in [-0.2, 0) is 24.3 Å². The molecule has 3 aromatic carbocycles. The molecule has 0 aliphatic carbocycles. The highest BCUT2D eigenvalue weighted by Crippen LogP contribution is 2.27. The molecule has 35 heavy (non-hydrogen) atoms. The number of rotatable bonds is 9. The number of esters is 1. The number of hydrogen-bond donors (Lipinski definition) is 2. The summed E-state index contributed by atoms with van der Waals surface area (Å²) in [5, 5.41) is 12.1. The normalized spacial score (nSPS) is 11.1. The van der Waals surface area contributed by atoms with Crippen LogP contribution in [-0.4, -0.2) is 46.2 Å². The van der Waals surface area contributed by atoms with Gasteiger partial charge in [-0.15, -0.1) is 0 Å². The van der Waals surface area contributed by atoms with Crippen molar-refractivity contribution in [2.75, 3.05) is 30.4 Å². The minimum absolute atomic E-state index is 0.00842. The first-order valence-electron chi connectivity index (χ1n) is 10.4. The van der Waals surface area contributed by atoms with E-state index in [-0.39, 0.29) is 22.1 Å². The number of anilines is 2. The van der Waals surface area contributed by atoms with Crippen LogP contribution >= 0.6 is 0 Å². The lowest BCUT2D eigenvalue weighted by Crippen LogP contribution is -2.26. The molecule has 182 valence electrons. The second-order valence-electron chi connectivity index (χ2n) is 7.26. The van der Waals surface area contributed by atoms with E-state index in [0.717, 1.165) is 10.4 Å². The van der Waals surface area contributed by atoms with Gasteiger partial charge in [0.15, 0.2) is 18.1 Å². The third-order valence-corrected chi connectivity index (χ3v) is 6.64. The second-order valence-corrected chi connectivity index (χ2v) is 9.23. The van der Waals surface area contributed by atoms with E-state index in [1.54, 1.807) is 36.4 Å². The fraction of sp³-hybridized carbons (Fsp3) is 0.120. The lowest BCUT2D eigenvalue weighted by atomic mass is 10.2. The van der Waals surface area contributed by atoms with E-state index in [9.17, 15) is 23.1 Å². The van der Waals surface area contributed by atoms with Crippen LogP contribution in [0, 0.1) is 0 Å². The molecular formula is C25H24N2O7S. The van der Waals surface area contributed by atoms with E-state index in [1.807, 2.05) is 0 Å². The van der Waals surface area contributed by atoms with Crippen LogP contribution in [0.2, 0.25) is 0 Å². The van der Waals surface area contributed by atoms with Gasteiger partial charge in [0.05, 0.1) is 17.7 Å². The number of methoxy groups -OCH3 is 1. The standard InChI is InChI=1S/C25H24N2O7S/c1-27(20-8-4-3-5-9-20)35(31,32)21-10-6-7-19(16-21)26-24(29)17-34-25(30)14-12-18-11-13-22(28)23(15-18)33-2/h3-16,28H,17H2,1-2H3,(H,26,29)/b14-12+. The number of aromatic hydroxyl groups is 1. The van der Waals surface area contributed by atoms with E-state index in [2.05, 4.69) is 5.32 Å². The molecular weight excluding hydrogens is 472 g/mol. The first-order chi connectivity index (χ1) is 16.7. The van der Waals surface area contributed by atoms with Gasteiger partial charge in [-0.25, -0.2) is 13.2 Å². The molecule has 0 spiro atoms. The Hall–Kier alpha value is -4.31. The Labute approximate surface area is 203 Å². The van der Waals surface area contributed by atoms with Crippen molar-refractivity contribution in [1.82, 2.24) is 0 Å². The number of amides is 1. The smallest absolute Gasteiger partial charge is 0.331 e. The summed E-state index contributed by atoms with van der Waals surface area (Å²) >= 11 is 0. The molecule has 3 rings (SSSR count). The molecule has 0 saturated heterocycles. The maximum absolute atomic E-state index is 12.9. The highest BCUT2D eigenvalue weighted by atomic mass is 32.2. The molecule has 0 bridgehead atoms. The molecule has 0 unspecified atom stereocenters. The molecule has 0 fully saturated rings. The predicted octanol–water partition coefficient (Wildman–Crippen LogP) is 3.42. The third kappa shape index (κ3) is 6.61. The summed E-state index contributed by atoms with van der Waals surface area (Å²) < 4.78 is 37.0. The van der Waals surface area contributed by atoms with Crippen molar-refractivity contribution in [3.8, 4) is 11.5 Å². The summed E-state index contributed by atoms with van der Waals surface area (Å²) in [7, 11) is -1.01. The zero-order valence-electron chi connectivity index (χ0n) is 19.0. The average Bonchev–Trinajstić information content (AvgIpc) is 2.87. The van der Waals surface area contributed by atoms with Crippen molar-refractivity contribution in [3.05, 3.63) is 84.4 Å². The van der Waals surface area contributed by atoms with Gasteiger partial charge in [-0.2, -0.15) is 0 Å². The van der Waals surface area contributed by atoms with Crippen LogP contribution in [0.1, 0.15) is 5.56 Å². The summed E-state index contributed by atoms with van der Waals surface area (Å²) in [6, 6.07) is 18.9. The third-order valence-electron chi connectivity index (χ3n) is 4.86. The van der Waals surface area contributed by atoms with Crippen LogP contribution in [0.3, 0.4) is 0 Å². The van der Waals surface area contributed by atoms with Crippen molar-refractivity contribution < 1.29 is 32.6 Å². The Morgan fingerprint density at radius 2 is 1.77 bits per heavy atom. The molecule has 0 radical (unpaired) electrons. The molecule has 0 atom stereocenters. The molecule has 0 heterocycles. The number of para-hydroxylation sites is 1. The zero-order valence-corrected chi connectivity index (χ0v) is 19.9. The first kappa shape index (κ1) is 25.3. The Bertz CT molecular complexity index is 1340. The van der Waals surface area contributed by atoms with E-state index in [4.69, 9.17) is 9.47 Å². The maximum atomic E-state index is 12.9. The van der Waals surface area contributed by atoms with E-state index in [0.29, 0.717) is 11.3 Å². The Morgan fingerprint density at radius 3 is 2.49 bits per heavy atom. The predicted molar refractivity (Wildman–Crippen MR) is 132 cm³/mol. The van der Waals surface area contributed by atoms with E-state index < -0.39 is 28.5 Å². The number of phenolic OH excluding ortho intramolecular Hbond substituents is 1. The Morgan fingerprint density at radius 1 is 1.03 bits per heavy atom. The first-order valence-corrected chi connectivity index (χ1v) is 11.8. The van der Waals surface area contributed by atoms with Crippen molar-refractivity contribution in [1.29, 1.82) is 0 Å². The number of nitrogens with one attached hydrogen (secondary N) is 1. The van der Waals surface area contributed by atoms with Crippen LogP contribution in [0.25, 0.3) is 6.08 Å². The van der Waals surface area contributed by atoms with Gasteiger partial charge in [0.2, 0.25) is 0 Å². The fourth-order valence-corrected chi connectivity index (χ4v) is 4.26. The Balaban J connectivity index is 1.59. The lowest BCUT2D eigenvalue weighted by Gasteiger charge is -2.19. The van der Waals surface area contributed by atoms with Crippen LogP contribution in [0.5, 0.6) is 11.5 Å². The molecule has 0 aliphatic heterocycles. The van der Waals surface area contributed by atoms with Crippen LogP contribution in [0.15, 0.2) is 83.8 Å². The van der Waals surface area contributed by atoms with E-state index >= 15 is 0 Å². The van der Waals surface area contributed by atoms with Gasteiger partial charge in [0.1, 0.15) is 0 Å². The minimum Gasteiger partial charge on any atom is -0.504 e. The quantitative estimate of drug-likeness (QED) is 0.344. The van der Waals surface area contributed by atoms with Crippen LogP contribution in [0.4, 0.5) is 11.4 Å². The molecule has 3 aromatic rings. The number of carbonyl (C=O) groups excluding carboxylic acids is 2. The van der Waals surface area contributed by atoms with Crippen molar-refractivity contribution in [2.45, 2.75) is 4.90 Å². The Kier molecular flexibility index (Phi) is 8.11. The van der Waals surface area contributed by atoms with Gasteiger partial charge in [0, 0.05) is 18.8 Å². The fourth-order valence-electron chi connectivity index (χ4n) is 3.01. The summed E-state index contributed by atoms with van der Waals surface area (Å²) in [6.07, 6.45) is 2.57. The number of hydrogen-bond acceptors (Lipinski definition) is 7. The number of nitrogens with zero attached hydrogens (tertiary/aromatic N) is 1. The molecule has 0 aromatic heterocycles. The van der Waals surface area contributed by atoms with Gasteiger partial charge in [-0.1, -0.05) is 30.3 Å². The largest absolute Gasteiger partial charge is 0.504 e. The SMILES string of the molecule is COc1cc(/C=C/C(=O)OCC(=O)Nc2cccc(S(=O)(=O)N(C)c3ccccc3)c2)ccc1O. The molecule has 0 saturated carbocycles. The second kappa shape index (κ2) is 11.2. The van der Waals surface area contributed by atoms with Gasteiger partial charge in [0.25, 0.3) is 15.9 Å². The lowest BCUT2D eigenvalue weighted by molar-refractivity contribution is -0.142. The highest BCUT2D eigenvalue weighted by molar-refractivity contribution is 7.92. The van der Waals surface area contributed by atoms with Gasteiger partial charge < -0.3 is 19.9 Å². The maximum Gasteiger partial charge on any atom is 0.331 e. The van der Waals surface area contributed by atoms with Gasteiger partial charge in [-0.05, 0) is 54.1 Å². The van der Waals surface area contributed by atoms with Gasteiger partial charge in [-0.3, -0.25) is 9.10 Å². The van der Waals surface area contributed by atoms with Crippen molar-refractivity contribution in [2.24, 2.45) is 0 Å². The molecule has 10 heteroatoms. The number of phenols is 1. The minimum atomic E-state index is -3.85. The summed E-state index contributed by atoms with van der Waals surface area (Å²) in [5.74, 6) is -1.18. The number of sulfonamides is 1. The topological polar surface area (TPSA) is 122 Å². The van der Waals surface area contributed by atoms with Crippen LogP contribution < -0.4 is 14.4 Å². The van der Waals surface area contributed by atoms with Crippen molar-refractivity contribution in [3.63, 3.8) is 0 Å². The number of ether oxygens (including phenoxy) is 2. The highest BCUT2D eigenvalue weighted by Gasteiger charge is 2.21. The monoisotopic (exact) mass is 496 g/mol. The van der Waals surface area contributed by atoms with Crippen molar-refractivity contribution >= 4 is 39.4 Å². The number of benzene rings is 3. The number of carbonyl (C=O) groups is 2. The molecule has 0 aliphatic rings. The summed E-state index contributed by atoms with van der Waals surface area (Å²) in [6.45, 7) is -0.566. The summed E-state index contributed by atoms with van der Waals surface area (Å²) in [4.78, 5) is 24.1. The summed E-state index contributed by atoms with van der Waals surface area (Å²) in [5.41, 5.74) is 1.31. The average molecular weight is 497 g/mol. The molecule has 1 amide bonds.